The molecule has 0 spiro atoms. The van der Waals surface area contributed by atoms with Crippen molar-refractivity contribution in [1.82, 2.24) is 0 Å². The van der Waals surface area contributed by atoms with Gasteiger partial charge in [-0.1, -0.05) is 13.0 Å². The second-order valence-corrected chi connectivity index (χ2v) is 9.54. The Labute approximate surface area is 226 Å². The van der Waals surface area contributed by atoms with Crippen LogP contribution in [-0.2, 0) is 30.2 Å². The molecule has 39 heavy (non-hydrogen) atoms. The zero-order valence-electron chi connectivity index (χ0n) is 22.1. The molecule has 2 fully saturated rings. The lowest BCUT2D eigenvalue weighted by molar-refractivity contribution is -0.356. The van der Waals surface area contributed by atoms with E-state index in [4.69, 9.17) is 38.3 Å². The molecule has 2 saturated heterocycles. The summed E-state index contributed by atoms with van der Waals surface area (Å²) in [5, 5.41) is 41.0. The Balaban J connectivity index is 1.54. The first-order valence-electron chi connectivity index (χ1n) is 12.8. The Morgan fingerprint density at radius 2 is 1.85 bits per heavy atom. The predicted octanol–water partition coefficient (Wildman–Crippen LogP) is 0.437. The van der Waals surface area contributed by atoms with Crippen molar-refractivity contribution in [3.8, 4) is 17.2 Å². The summed E-state index contributed by atoms with van der Waals surface area (Å²) in [6.45, 7) is 0.443. The molecule has 12 nitrogen and oxygen atoms in total. The first-order valence-corrected chi connectivity index (χ1v) is 12.8. The van der Waals surface area contributed by atoms with Gasteiger partial charge in [-0.3, -0.25) is 4.74 Å². The van der Waals surface area contributed by atoms with Crippen LogP contribution >= 0.6 is 0 Å². The molecular formula is C27H36O12. The number of carbonyl (C=O) groups excluding carboxylic acids is 1. The molecule has 12 heteroatoms. The summed E-state index contributed by atoms with van der Waals surface area (Å²) in [4.78, 5) is 12.1. The molecule has 1 aromatic carbocycles. The highest BCUT2D eigenvalue weighted by Crippen LogP contribution is 2.41. The van der Waals surface area contributed by atoms with Crippen LogP contribution in [0.1, 0.15) is 18.9 Å². The highest BCUT2D eigenvalue weighted by atomic mass is 16.9. The van der Waals surface area contributed by atoms with E-state index < -0.39 is 55.6 Å². The molecule has 3 aliphatic rings. The molecule has 8 atom stereocenters. The summed E-state index contributed by atoms with van der Waals surface area (Å²) >= 11 is 0. The number of ether oxygens (including phenoxy) is 7. The number of aliphatic hydroxyl groups is 4. The third-order valence-electron chi connectivity index (χ3n) is 7.11. The zero-order chi connectivity index (χ0) is 28.1. The number of benzene rings is 1. The molecule has 216 valence electrons. The molecule has 0 radical (unpaired) electrons. The molecule has 2 aliphatic heterocycles. The largest absolute Gasteiger partial charge is 0.493 e. The van der Waals surface area contributed by atoms with Crippen molar-refractivity contribution >= 4 is 6.29 Å². The fraction of sp³-hybridized carbons (Fsp3) is 0.593. The smallest absolute Gasteiger partial charge is 0.275 e. The number of methoxy groups -OCH3 is 2. The molecule has 0 aromatic heterocycles. The van der Waals surface area contributed by atoms with Crippen LogP contribution in [0.15, 0.2) is 35.6 Å². The van der Waals surface area contributed by atoms with Gasteiger partial charge in [-0.25, -0.2) is 0 Å². The fourth-order valence-corrected chi connectivity index (χ4v) is 4.85. The number of aldehydes is 1. The quantitative estimate of drug-likeness (QED) is 0.250. The van der Waals surface area contributed by atoms with Gasteiger partial charge in [0.25, 0.3) is 6.48 Å². The van der Waals surface area contributed by atoms with Gasteiger partial charge in [-0.05, 0) is 48.1 Å². The Morgan fingerprint density at radius 3 is 2.46 bits per heavy atom. The monoisotopic (exact) mass is 552 g/mol. The molecule has 0 saturated carbocycles. The summed E-state index contributed by atoms with van der Waals surface area (Å²) in [5.41, 5.74) is 1.30. The summed E-state index contributed by atoms with van der Waals surface area (Å²) in [7, 11) is 2.93. The molecule has 4 rings (SSSR count). The normalized spacial score (nSPS) is 29.6. The van der Waals surface area contributed by atoms with E-state index in [1.54, 1.807) is 25.1 Å². The van der Waals surface area contributed by atoms with Gasteiger partial charge in [0, 0.05) is 6.61 Å². The molecule has 0 amide bonds. The van der Waals surface area contributed by atoms with Gasteiger partial charge in [0.05, 0.1) is 33.4 Å². The van der Waals surface area contributed by atoms with Crippen LogP contribution in [0.2, 0.25) is 0 Å². The first kappa shape index (κ1) is 29.3. The van der Waals surface area contributed by atoms with Crippen LogP contribution < -0.4 is 14.2 Å². The summed E-state index contributed by atoms with van der Waals surface area (Å²) in [5.74, 6) is -0.206. The van der Waals surface area contributed by atoms with Crippen LogP contribution in [0.5, 0.6) is 17.2 Å². The van der Waals surface area contributed by atoms with Crippen LogP contribution in [0.4, 0.5) is 0 Å². The lowest BCUT2D eigenvalue weighted by atomic mass is 9.79. The molecular weight excluding hydrogens is 516 g/mol. The van der Waals surface area contributed by atoms with E-state index >= 15 is 0 Å². The number of allylic oxidation sites excluding steroid dienone is 3. The first-order chi connectivity index (χ1) is 18.8. The minimum atomic E-state index is -1.30. The highest BCUT2D eigenvalue weighted by molar-refractivity contribution is 5.61. The number of aryl methyl sites for hydroxylation is 1. The van der Waals surface area contributed by atoms with Crippen molar-refractivity contribution in [2.75, 3.05) is 34.0 Å². The minimum Gasteiger partial charge on any atom is -0.493 e. The van der Waals surface area contributed by atoms with Crippen LogP contribution in [0, 0.1) is 11.8 Å². The van der Waals surface area contributed by atoms with Crippen molar-refractivity contribution in [3.05, 3.63) is 41.2 Å². The standard InChI is InChI=1S/C27H36O12/c1-14-16(6-7-18(17(14)11-29)37-26-24(32)22-13-35-27(38-22)39-26)23(31)21(12-30)36-25-19(33-2)9-15(5-4-8-28)10-20(25)34-3/h6-7,9-11,14,17,21-24,26-28,30-32H,4-5,8,12-13H2,1-3H3. The second kappa shape index (κ2) is 13.1. The third-order valence-corrected chi connectivity index (χ3v) is 7.11. The average molecular weight is 553 g/mol. The van der Waals surface area contributed by atoms with Crippen LogP contribution in [0.3, 0.4) is 0 Å². The zero-order valence-corrected chi connectivity index (χ0v) is 22.1. The van der Waals surface area contributed by atoms with E-state index in [9.17, 15) is 20.1 Å². The van der Waals surface area contributed by atoms with Crippen molar-refractivity contribution in [3.63, 3.8) is 0 Å². The average Bonchev–Trinajstić information content (AvgIpc) is 3.36. The molecule has 2 heterocycles. The Morgan fingerprint density at radius 1 is 1.13 bits per heavy atom. The van der Waals surface area contributed by atoms with E-state index in [-0.39, 0.29) is 24.7 Å². The van der Waals surface area contributed by atoms with Crippen molar-refractivity contribution in [2.24, 2.45) is 11.8 Å². The maximum Gasteiger partial charge on any atom is 0.275 e. The van der Waals surface area contributed by atoms with E-state index in [2.05, 4.69) is 0 Å². The molecule has 4 N–H and O–H groups in total. The number of hydrogen-bond donors (Lipinski definition) is 4. The van der Waals surface area contributed by atoms with Gasteiger partial charge in [0.15, 0.2) is 17.6 Å². The van der Waals surface area contributed by atoms with Crippen LogP contribution in [0.25, 0.3) is 0 Å². The van der Waals surface area contributed by atoms with Gasteiger partial charge < -0.3 is 53.6 Å². The van der Waals surface area contributed by atoms with E-state index in [0.717, 1.165) is 5.56 Å². The maximum absolute atomic E-state index is 12.1. The van der Waals surface area contributed by atoms with Gasteiger partial charge in [0.2, 0.25) is 12.0 Å². The number of hydrogen-bond acceptors (Lipinski definition) is 12. The van der Waals surface area contributed by atoms with Gasteiger partial charge in [-0.15, -0.1) is 0 Å². The molecule has 8 unspecified atom stereocenters. The summed E-state index contributed by atoms with van der Waals surface area (Å²) in [6.07, 6.45) is -0.268. The summed E-state index contributed by atoms with van der Waals surface area (Å²) in [6, 6.07) is 3.49. The van der Waals surface area contributed by atoms with Gasteiger partial charge in [-0.2, -0.15) is 0 Å². The Bertz CT molecular complexity index is 1030. The van der Waals surface area contributed by atoms with E-state index in [0.29, 0.717) is 36.2 Å². The number of aliphatic hydroxyl groups excluding tert-OH is 4. The Kier molecular flexibility index (Phi) is 9.83. The minimum absolute atomic E-state index is 0.0378. The van der Waals surface area contributed by atoms with E-state index in [1.807, 2.05) is 0 Å². The molecule has 1 aromatic rings. The maximum atomic E-state index is 12.1. The number of rotatable bonds is 13. The van der Waals surface area contributed by atoms with E-state index in [1.165, 1.54) is 20.3 Å². The third kappa shape index (κ3) is 6.22. The molecule has 1 aliphatic carbocycles. The number of fused-ring (bicyclic) bond motifs is 2. The van der Waals surface area contributed by atoms with Crippen molar-refractivity contribution in [2.45, 2.75) is 56.9 Å². The van der Waals surface area contributed by atoms with Gasteiger partial charge >= 0.3 is 0 Å². The lowest BCUT2D eigenvalue weighted by Crippen LogP contribution is -2.48. The fourth-order valence-electron chi connectivity index (χ4n) is 4.85. The predicted molar refractivity (Wildman–Crippen MR) is 134 cm³/mol. The Hall–Kier alpha value is -2.71. The SMILES string of the molecule is COc1cc(CCCO)cc(OC)c1OC(CO)C(O)C1=CC=C(OC2OC3OCC(O3)C2O)C(C=O)C1C. The summed E-state index contributed by atoms with van der Waals surface area (Å²) < 4.78 is 38.9. The van der Waals surface area contributed by atoms with Gasteiger partial charge in [0.1, 0.15) is 30.4 Å². The van der Waals surface area contributed by atoms with Crippen molar-refractivity contribution in [1.29, 1.82) is 0 Å². The van der Waals surface area contributed by atoms with Crippen molar-refractivity contribution < 1.29 is 58.4 Å². The second-order valence-electron chi connectivity index (χ2n) is 9.54. The topological polar surface area (TPSA) is 163 Å². The highest BCUT2D eigenvalue weighted by Gasteiger charge is 2.47. The lowest BCUT2D eigenvalue weighted by Gasteiger charge is -2.36. The number of carbonyl (C=O) groups is 1. The molecule has 2 bridgehead atoms. The van der Waals surface area contributed by atoms with Crippen LogP contribution in [-0.4, -0.2) is 97.9 Å².